The van der Waals surface area contributed by atoms with Crippen LogP contribution in [0.15, 0.2) is 42.0 Å². The normalized spacial score (nSPS) is 18.8. The van der Waals surface area contributed by atoms with Crippen molar-refractivity contribution >= 4 is 6.03 Å². The van der Waals surface area contributed by atoms with Crippen LogP contribution in [0.2, 0.25) is 0 Å². The van der Waals surface area contributed by atoms with Crippen molar-refractivity contribution in [3.05, 3.63) is 47.5 Å². The van der Waals surface area contributed by atoms with Gasteiger partial charge in [0.2, 0.25) is 0 Å². The molecular weight excluding hydrogens is 240 g/mol. The van der Waals surface area contributed by atoms with Crippen molar-refractivity contribution in [2.24, 2.45) is 5.73 Å². The van der Waals surface area contributed by atoms with Gasteiger partial charge in [-0.25, -0.2) is 9.86 Å². The Morgan fingerprint density at radius 3 is 2.68 bits per heavy atom. The van der Waals surface area contributed by atoms with Crippen molar-refractivity contribution in [2.45, 2.75) is 31.6 Å². The molecule has 1 aliphatic carbocycles. The van der Waals surface area contributed by atoms with Gasteiger partial charge >= 0.3 is 6.03 Å². The molecule has 3 N–H and O–H groups in total. The smallest absolute Gasteiger partial charge is 0.338 e. The highest BCUT2D eigenvalue weighted by Gasteiger charge is 2.16. The summed E-state index contributed by atoms with van der Waals surface area (Å²) in [6, 6.07) is 9.74. The van der Waals surface area contributed by atoms with Gasteiger partial charge in [0.1, 0.15) is 0 Å². The van der Waals surface area contributed by atoms with E-state index in [-0.39, 0.29) is 6.54 Å². The molecule has 0 aromatic heterocycles. The molecule has 1 aromatic carbocycles. The molecule has 19 heavy (non-hydrogen) atoms. The van der Waals surface area contributed by atoms with Crippen LogP contribution < -0.4 is 5.73 Å². The number of amides is 2. The summed E-state index contributed by atoms with van der Waals surface area (Å²) < 4.78 is 0. The first-order valence-corrected chi connectivity index (χ1v) is 6.65. The number of nitrogens with zero attached hydrogens (tertiary/aromatic N) is 1. The standard InChI is InChI=1S/C15H20N2O2/c16-15(18)17(19)11-10-12-6-8-14(9-7-12)13-4-2-1-3-5-13/h1-6,14,19H,7-11H2,(H2,16,18). The minimum absolute atomic E-state index is 0.275. The summed E-state index contributed by atoms with van der Waals surface area (Å²) in [6.45, 7) is 0.275. The molecule has 0 heterocycles. The number of rotatable bonds is 4. The number of hydrogen-bond donors (Lipinski definition) is 2. The van der Waals surface area contributed by atoms with Crippen LogP contribution in [0, 0.1) is 0 Å². The van der Waals surface area contributed by atoms with Gasteiger partial charge < -0.3 is 5.73 Å². The summed E-state index contributed by atoms with van der Waals surface area (Å²) >= 11 is 0. The molecule has 1 aromatic rings. The van der Waals surface area contributed by atoms with E-state index in [1.54, 1.807) is 0 Å². The highest BCUT2D eigenvalue weighted by Crippen LogP contribution is 2.32. The molecule has 1 aliphatic rings. The van der Waals surface area contributed by atoms with Gasteiger partial charge in [0.25, 0.3) is 0 Å². The number of hydrogen-bond acceptors (Lipinski definition) is 2. The van der Waals surface area contributed by atoms with Crippen molar-refractivity contribution in [1.82, 2.24) is 5.06 Å². The highest BCUT2D eigenvalue weighted by atomic mass is 16.5. The molecule has 2 amide bonds. The fourth-order valence-corrected chi connectivity index (χ4v) is 2.50. The van der Waals surface area contributed by atoms with Gasteiger partial charge in [-0.15, -0.1) is 0 Å². The van der Waals surface area contributed by atoms with Crippen molar-refractivity contribution < 1.29 is 10.0 Å². The number of hydroxylamine groups is 2. The molecule has 0 fully saturated rings. The second-order valence-electron chi connectivity index (χ2n) is 4.96. The maximum absolute atomic E-state index is 10.7. The Kier molecular flexibility index (Phi) is 4.58. The number of carbonyl (C=O) groups is 1. The van der Waals surface area contributed by atoms with Crippen molar-refractivity contribution in [3.63, 3.8) is 0 Å². The van der Waals surface area contributed by atoms with E-state index in [4.69, 9.17) is 5.73 Å². The van der Waals surface area contributed by atoms with E-state index < -0.39 is 6.03 Å². The Hall–Kier alpha value is -1.81. The zero-order valence-corrected chi connectivity index (χ0v) is 11.0. The van der Waals surface area contributed by atoms with Gasteiger partial charge in [-0.3, -0.25) is 5.21 Å². The van der Waals surface area contributed by atoms with E-state index in [9.17, 15) is 10.0 Å². The minimum Gasteiger partial charge on any atom is -0.350 e. The fraction of sp³-hybridized carbons (Fsp3) is 0.400. The number of nitrogens with two attached hydrogens (primary N) is 1. The van der Waals surface area contributed by atoms with Crippen LogP contribution in [0.4, 0.5) is 4.79 Å². The molecule has 0 radical (unpaired) electrons. The molecule has 0 saturated carbocycles. The van der Waals surface area contributed by atoms with E-state index in [1.165, 1.54) is 11.1 Å². The number of benzene rings is 1. The summed E-state index contributed by atoms with van der Waals surface area (Å²) in [7, 11) is 0. The Bertz CT molecular complexity index is 456. The fourth-order valence-electron chi connectivity index (χ4n) is 2.50. The first-order valence-electron chi connectivity index (χ1n) is 6.65. The van der Waals surface area contributed by atoms with E-state index in [2.05, 4.69) is 30.3 Å². The van der Waals surface area contributed by atoms with Crippen molar-refractivity contribution in [3.8, 4) is 0 Å². The molecule has 2 rings (SSSR count). The van der Waals surface area contributed by atoms with Crippen LogP contribution in [-0.4, -0.2) is 22.8 Å². The summed E-state index contributed by atoms with van der Waals surface area (Å²) in [6.07, 6.45) is 6.10. The van der Waals surface area contributed by atoms with Gasteiger partial charge in [-0.2, -0.15) is 0 Å². The molecule has 102 valence electrons. The Balaban J connectivity index is 1.85. The van der Waals surface area contributed by atoms with Crippen LogP contribution in [0.1, 0.15) is 37.2 Å². The molecule has 0 bridgehead atoms. The van der Waals surface area contributed by atoms with E-state index in [0.717, 1.165) is 19.3 Å². The Labute approximate surface area is 113 Å². The maximum atomic E-state index is 10.7. The van der Waals surface area contributed by atoms with E-state index in [0.29, 0.717) is 17.4 Å². The number of carbonyl (C=O) groups excluding carboxylic acids is 1. The molecule has 0 spiro atoms. The second kappa shape index (κ2) is 6.38. The molecule has 4 nitrogen and oxygen atoms in total. The van der Waals surface area contributed by atoms with E-state index >= 15 is 0 Å². The average molecular weight is 260 g/mol. The zero-order chi connectivity index (χ0) is 13.7. The second-order valence-corrected chi connectivity index (χ2v) is 4.96. The van der Waals surface area contributed by atoms with Gasteiger partial charge in [-0.1, -0.05) is 42.0 Å². The first-order chi connectivity index (χ1) is 9.16. The number of allylic oxidation sites excluding steroid dienone is 1. The van der Waals surface area contributed by atoms with Gasteiger partial charge in [0, 0.05) is 0 Å². The highest BCUT2D eigenvalue weighted by molar-refractivity contribution is 5.70. The molecule has 0 saturated heterocycles. The predicted octanol–water partition coefficient (Wildman–Crippen LogP) is 3.04. The summed E-state index contributed by atoms with van der Waals surface area (Å²) in [5.74, 6) is 0.589. The Morgan fingerprint density at radius 2 is 2.11 bits per heavy atom. The van der Waals surface area contributed by atoms with Crippen LogP contribution in [0.5, 0.6) is 0 Å². The SMILES string of the molecule is NC(=O)N(O)CCC1=CCC(c2ccccc2)CC1. The van der Waals surface area contributed by atoms with Gasteiger partial charge in [0.15, 0.2) is 0 Å². The molecule has 1 unspecified atom stereocenters. The van der Waals surface area contributed by atoms with Crippen LogP contribution in [0.25, 0.3) is 0 Å². The Morgan fingerprint density at radius 1 is 1.37 bits per heavy atom. The molecular formula is C15H20N2O2. The van der Waals surface area contributed by atoms with Crippen LogP contribution >= 0.6 is 0 Å². The quantitative estimate of drug-likeness (QED) is 0.496. The van der Waals surface area contributed by atoms with Crippen LogP contribution in [-0.2, 0) is 0 Å². The van der Waals surface area contributed by atoms with Crippen molar-refractivity contribution in [2.75, 3.05) is 6.54 Å². The maximum Gasteiger partial charge on any atom is 0.338 e. The average Bonchev–Trinajstić information content (AvgIpc) is 2.46. The third-order valence-electron chi connectivity index (χ3n) is 3.68. The number of urea groups is 1. The van der Waals surface area contributed by atoms with Gasteiger partial charge in [0.05, 0.1) is 6.54 Å². The lowest BCUT2D eigenvalue weighted by molar-refractivity contribution is -0.0383. The van der Waals surface area contributed by atoms with E-state index in [1.807, 2.05) is 6.07 Å². The summed E-state index contributed by atoms with van der Waals surface area (Å²) in [5.41, 5.74) is 7.65. The minimum atomic E-state index is -0.793. The lowest BCUT2D eigenvalue weighted by Gasteiger charge is -2.23. The van der Waals surface area contributed by atoms with Crippen molar-refractivity contribution in [1.29, 1.82) is 0 Å². The predicted molar refractivity (Wildman–Crippen MR) is 73.8 cm³/mol. The molecule has 0 aliphatic heterocycles. The van der Waals surface area contributed by atoms with Crippen LogP contribution in [0.3, 0.4) is 0 Å². The third kappa shape index (κ3) is 3.83. The van der Waals surface area contributed by atoms with Gasteiger partial charge in [-0.05, 0) is 37.2 Å². The topological polar surface area (TPSA) is 66.6 Å². The number of primary amides is 1. The summed E-state index contributed by atoms with van der Waals surface area (Å²) in [5, 5.41) is 9.79. The third-order valence-corrected chi connectivity index (χ3v) is 3.68. The zero-order valence-electron chi connectivity index (χ0n) is 11.0. The monoisotopic (exact) mass is 260 g/mol. The first kappa shape index (κ1) is 13.6. The lowest BCUT2D eigenvalue weighted by Crippen LogP contribution is -2.33. The largest absolute Gasteiger partial charge is 0.350 e. The molecule has 4 heteroatoms. The lowest BCUT2D eigenvalue weighted by atomic mass is 9.84. The molecule has 1 atom stereocenters. The summed E-state index contributed by atoms with van der Waals surface area (Å²) in [4.78, 5) is 10.7.